The van der Waals surface area contributed by atoms with E-state index in [0.29, 0.717) is 19.5 Å². The number of rotatable bonds is 19. The van der Waals surface area contributed by atoms with E-state index in [1.807, 2.05) is 69.2 Å². The van der Waals surface area contributed by atoms with Crippen LogP contribution in [0, 0.1) is 47.3 Å². The first-order chi connectivity index (χ1) is 43.0. The van der Waals surface area contributed by atoms with Crippen molar-refractivity contribution in [3.05, 3.63) is 0 Å². The van der Waals surface area contributed by atoms with Gasteiger partial charge in [0.2, 0.25) is 53.2 Å². The number of nitrogens with zero attached hydrogens (tertiary/aromatic N) is 7. The van der Waals surface area contributed by atoms with Crippen LogP contribution in [0.2, 0.25) is 0 Å². The molecule has 26 heteroatoms. The molecule has 2 rings (SSSR count). The molecule has 0 saturated carbocycles. The van der Waals surface area contributed by atoms with Crippen LogP contribution in [0.3, 0.4) is 0 Å². The molecule has 7 N–H and O–H groups in total. The zero-order chi connectivity index (χ0) is 71.5. The van der Waals surface area contributed by atoms with Gasteiger partial charge in [-0.2, -0.15) is 0 Å². The van der Waals surface area contributed by atoms with Crippen molar-refractivity contribution in [3.8, 4) is 0 Å². The fraction of sp³-hybridized carbons (Fsp3) is 0.836. The van der Waals surface area contributed by atoms with Gasteiger partial charge in [-0.15, -0.1) is 0 Å². The number of cyclic esters (lactones) is 1. The van der Waals surface area contributed by atoms with E-state index < -0.39 is 162 Å². The summed E-state index contributed by atoms with van der Waals surface area (Å²) in [7, 11) is 8.13. The van der Waals surface area contributed by atoms with Gasteiger partial charge in [0.25, 0.3) is 5.91 Å². The van der Waals surface area contributed by atoms with Crippen LogP contribution in [0.1, 0.15) is 169 Å². The number of nitrogens with one attached hydrogen (secondary N) is 4. The summed E-state index contributed by atoms with van der Waals surface area (Å²) in [4.78, 5) is 171. The molecule has 0 spiro atoms. The quantitative estimate of drug-likeness (QED) is 0.0912. The predicted octanol–water partition coefficient (Wildman–Crippen LogP) is 2.23. The number of hydrogen-bond donors (Lipinski definition) is 7. The second-order valence-electron chi connectivity index (χ2n) is 29.3. The topological polar surface area (TPSA) is 328 Å². The molecule has 534 valence electrons. The number of carbonyl (C=O) groups is 11. The van der Waals surface area contributed by atoms with Crippen LogP contribution >= 0.6 is 0 Å². The number of esters is 1. The lowest BCUT2D eigenvalue weighted by Crippen LogP contribution is -2.64. The maximum Gasteiger partial charge on any atom is 0.329 e. The number of aliphatic hydroxyl groups is 3. The van der Waals surface area contributed by atoms with Crippen LogP contribution in [0.4, 0.5) is 0 Å². The van der Waals surface area contributed by atoms with Crippen LogP contribution in [-0.4, -0.2) is 262 Å². The Morgan fingerprint density at radius 2 is 0.925 bits per heavy atom. The highest BCUT2D eigenvalue weighted by molar-refractivity contribution is 5.99. The standard InChI is InChI=1S/C67H121N11O15/c1-36(2)29-47-62(87)74(20)50(32-39(7)8)58(83)68-44(16)67(92)93-57(42(13)14)66(91)75(21)51(33-40(9)10)60(85)70-48(30-37(3)4)63(88)76(22)54(41(11)12)65(90)77(23)55(56(82)43(15)26-28-78-27-24-25-46(78)35-79)61(86)71-53(45(17)80)64(89)72(18)34-52(81)73(19)49(31-38(5)6)59(84)69-47/h36-51,53-57,79-80,82H,24-35H2,1-23H3,(H,68,83)(H,69,84)(H,70,85)(H,71,86)/t43-,44+,45?,46+,47+,48+,49+,50-,51+,53+,54-,55+,56?,57-/m1/s1. The summed E-state index contributed by atoms with van der Waals surface area (Å²) in [6.45, 7) is 29.8. The van der Waals surface area contributed by atoms with Gasteiger partial charge in [0, 0.05) is 48.3 Å². The van der Waals surface area contributed by atoms with Gasteiger partial charge in [-0.3, -0.25) is 52.8 Å². The van der Waals surface area contributed by atoms with Crippen LogP contribution in [0.25, 0.3) is 0 Å². The average Bonchev–Trinajstić information content (AvgIpc) is 1.45. The van der Waals surface area contributed by atoms with E-state index in [2.05, 4.69) is 26.2 Å². The summed E-state index contributed by atoms with van der Waals surface area (Å²) < 4.78 is 5.91. The fourth-order valence-corrected chi connectivity index (χ4v) is 12.3. The normalized spacial score (nSPS) is 27.7. The molecule has 0 aromatic rings. The molecule has 2 heterocycles. The predicted molar refractivity (Wildman–Crippen MR) is 354 cm³/mol. The third-order valence-corrected chi connectivity index (χ3v) is 17.9. The minimum atomic E-state index is -1.78. The number of carbonyl (C=O) groups excluding carboxylic acids is 11. The first-order valence-electron chi connectivity index (χ1n) is 33.7. The Morgan fingerprint density at radius 1 is 0.495 bits per heavy atom. The average molecular weight is 1320 g/mol. The molecule has 2 aliphatic heterocycles. The number of likely N-dealkylation sites (tertiary alicyclic amines) is 1. The molecule has 14 atom stereocenters. The van der Waals surface area contributed by atoms with Crippen LogP contribution in [0.15, 0.2) is 0 Å². The van der Waals surface area contributed by atoms with Crippen molar-refractivity contribution in [2.45, 2.75) is 248 Å². The van der Waals surface area contributed by atoms with E-state index >= 15 is 14.4 Å². The lowest BCUT2D eigenvalue weighted by atomic mass is 9.91. The highest BCUT2D eigenvalue weighted by atomic mass is 16.6. The minimum absolute atomic E-state index is 0.0697. The molecule has 0 radical (unpaired) electrons. The third-order valence-electron chi connectivity index (χ3n) is 17.9. The van der Waals surface area contributed by atoms with Crippen molar-refractivity contribution in [2.75, 3.05) is 68.5 Å². The highest BCUT2D eigenvalue weighted by Crippen LogP contribution is 2.26. The Morgan fingerprint density at radius 3 is 1.35 bits per heavy atom. The van der Waals surface area contributed by atoms with E-state index in [0.717, 1.165) is 27.5 Å². The van der Waals surface area contributed by atoms with Gasteiger partial charge in [-0.1, -0.05) is 104 Å². The maximum atomic E-state index is 15.3. The molecule has 2 aliphatic rings. The fourth-order valence-electron chi connectivity index (χ4n) is 12.3. The molecule has 2 unspecified atom stereocenters. The molecule has 26 nitrogen and oxygen atoms in total. The largest absolute Gasteiger partial charge is 0.450 e. The monoisotopic (exact) mass is 1320 g/mol. The lowest BCUT2D eigenvalue weighted by Gasteiger charge is -2.40. The van der Waals surface area contributed by atoms with E-state index in [9.17, 15) is 53.7 Å². The molecule has 0 aromatic heterocycles. The summed E-state index contributed by atoms with van der Waals surface area (Å²) in [5.74, 6) is -11.7. The van der Waals surface area contributed by atoms with Crippen molar-refractivity contribution >= 4 is 65.0 Å². The van der Waals surface area contributed by atoms with Gasteiger partial charge in [0.1, 0.15) is 54.4 Å². The maximum absolute atomic E-state index is 15.3. The highest BCUT2D eigenvalue weighted by Gasteiger charge is 2.46. The summed E-state index contributed by atoms with van der Waals surface area (Å²) in [6.07, 6.45) is -2.33. The van der Waals surface area contributed by atoms with Crippen molar-refractivity contribution in [1.82, 2.24) is 55.6 Å². The van der Waals surface area contributed by atoms with E-state index in [1.165, 1.54) is 70.8 Å². The van der Waals surface area contributed by atoms with Crippen LogP contribution in [0.5, 0.6) is 0 Å². The molecule has 0 bridgehead atoms. The number of hydrogen-bond acceptors (Lipinski definition) is 16. The Hall–Kier alpha value is -5.99. The zero-order valence-corrected chi connectivity index (χ0v) is 60.5. The van der Waals surface area contributed by atoms with E-state index in [1.54, 1.807) is 34.6 Å². The molecule has 2 fully saturated rings. The molecular formula is C67H121N11O15. The minimum Gasteiger partial charge on any atom is -0.450 e. The van der Waals surface area contributed by atoms with Crippen LogP contribution in [-0.2, 0) is 57.5 Å². The Bertz CT molecular complexity index is 2510. The van der Waals surface area contributed by atoms with Crippen molar-refractivity contribution < 1.29 is 72.8 Å². The molecule has 2 saturated heterocycles. The molecule has 10 amide bonds. The number of likely N-dealkylation sites (N-methyl/N-ethyl adjacent to an activating group) is 6. The first-order valence-corrected chi connectivity index (χ1v) is 33.7. The van der Waals surface area contributed by atoms with Crippen molar-refractivity contribution in [1.29, 1.82) is 0 Å². The second kappa shape index (κ2) is 37.9. The summed E-state index contributed by atoms with van der Waals surface area (Å²) >= 11 is 0. The lowest BCUT2D eigenvalue weighted by molar-refractivity contribution is -0.166. The Kier molecular flexibility index (Phi) is 33.9. The summed E-state index contributed by atoms with van der Waals surface area (Å²) in [6, 6.07) is -12.5. The van der Waals surface area contributed by atoms with Crippen molar-refractivity contribution in [2.24, 2.45) is 47.3 Å². The molecule has 0 aliphatic carbocycles. The molecule has 0 aromatic carbocycles. The van der Waals surface area contributed by atoms with Crippen molar-refractivity contribution in [3.63, 3.8) is 0 Å². The van der Waals surface area contributed by atoms with Gasteiger partial charge in [0.15, 0.2) is 6.10 Å². The summed E-state index contributed by atoms with van der Waals surface area (Å²) in [5.41, 5.74) is 0. The zero-order valence-electron chi connectivity index (χ0n) is 60.5. The van der Waals surface area contributed by atoms with Gasteiger partial charge < -0.3 is 70.7 Å². The number of ether oxygens (including phenoxy) is 1. The van der Waals surface area contributed by atoms with Gasteiger partial charge in [0.05, 0.1) is 25.4 Å². The second-order valence-corrected chi connectivity index (χ2v) is 29.3. The SMILES string of the molecule is CC(C)C[C@@H]1NC(=O)[C@H](CC(C)C)N(C)C(=O)CN(C)C(=O)[C@H](C(C)O)NC(=O)[C@H](C(O)[C@H](C)CCN2CCC[C@H]2CO)N(C)C(=O)[C@@H](C(C)C)N(C)C(=O)[C@H](CC(C)C)NC(=O)[C@H](CC(C)C)N(C)C(=O)[C@@H](C(C)C)OC(=O)[C@H](C)NC(=O)[C@@H](CC(C)C)N(C)C1=O. The van der Waals surface area contributed by atoms with Gasteiger partial charge in [-0.05, 0) is 126 Å². The van der Waals surface area contributed by atoms with E-state index in [4.69, 9.17) is 4.74 Å². The van der Waals surface area contributed by atoms with Gasteiger partial charge in [-0.25, -0.2) is 4.79 Å². The number of amides is 10. The third kappa shape index (κ3) is 24.0. The smallest absolute Gasteiger partial charge is 0.329 e. The van der Waals surface area contributed by atoms with E-state index in [-0.39, 0.29) is 74.3 Å². The molecular weight excluding hydrogens is 1200 g/mol. The molecule has 93 heavy (non-hydrogen) atoms. The Balaban J connectivity index is 3.03. The van der Waals surface area contributed by atoms with Gasteiger partial charge >= 0.3 is 5.97 Å². The summed E-state index contributed by atoms with van der Waals surface area (Å²) in [5, 5.41) is 44.8. The number of aliphatic hydroxyl groups excluding tert-OH is 3. The first kappa shape index (κ1) is 83.1. The Labute approximate surface area is 555 Å². The van der Waals surface area contributed by atoms with Crippen LogP contribution < -0.4 is 21.3 Å².